The number of ether oxygens (including phenoxy) is 1. The molecule has 1 amide bonds. The van der Waals surface area contributed by atoms with Crippen LogP contribution in [-0.2, 0) is 6.61 Å². The molecule has 0 unspecified atom stereocenters. The van der Waals surface area contributed by atoms with Crippen LogP contribution in [-0.4, -0.2) is 21.8 Å². The van der Waals surface area contributed by atoms with Gasteiger partial charge in [-0.05, 0) is 55.8 Å². The first-order valence-electron chi connectivity index (χ1n) is 9.68. The van der Waals surface area contributed by atoms with E-state index in [-0.39, 0.29) is 5.91 Å². The summed E-state index contributed by atoms with van der Waals surface area (Å²) in [4.78, 5) is 19.4. The number of amides is 1. The van der Waals surface area contributed by atoms with Gasteiger partial charge in [0.25, 0.3) is 5.91 Å². The molecule has 2 aromatic heterocycles. The highest BCUT2D eigenvalue weighted by Gasteiger charge is 2.16. The van der Waals surface area contributed by atoms with Gasteiger partial charge in [-0.3, -0.25) is 4.79 Å². The molecule has 0 aliphatic heterocycles. The normalized spacial score (nSPS) is 10.8. The Labute approximate surface area is 170 Å². The van der Waals surface area contributed by atoms with E-state index in [2.05, 4.69) is 4.98 Å². The molecule has 5 heteroatoms. The summed E-state index contributed by atoms with van der Waals surface area (Å²) in [7, 11) is 0. The van der Waals surface area contributed by atoms with Crippen molar-refractivity contribution in [2.45, 2.75) is 20.5 Å². The molecule has 0 radical (unpaired) electrons. The molecule has 146 valence electrons. The van der Waals surface area contributed by atoms with E-state index in [9.17, 15) is 4.79 Å². The summed E-state index contributed by atoms with van der Waals surface area (Å²) in [5.74, 6) is 0.598. The number of nitrogens with zero attached hydrogens (tertiary/aromatic N) is 3. The van der Waals surface area contributed by atoms with Gasteiger partial charge in [0.15, 0.2) is 0 Å². The molecule has 0 saturated carbocycles. The van der Waals surface area contributed by atoms with Crippen LogP contribution >= 0.6 is 0 Å². The molecule has 4 aromatic rings. The zero-order chi connectivity index (χ0) is 20.2. The second kappa shape index (κ2) is 8.19. The van der Waals surface area contributed by atoms with Crippen LogP contribution in [0.15, 0.2) is 79.1 Å². The Kier molecular flexibility index (Phi) is 5.29. The fourth-order valence-electron chi connectivity index (χ4n) is 3.36. The zero-order valence-electron chi connectivity index (χ0n) is 16.6. The van der Waals surface area contributed by atoms with Crippen molar-refractivity contribution >= 4 is 17.2 Å². The minimum absolute atomic E-state index is 0.0486. The molecule has 2 aromatic carbocycles. The van der Waals surface area contributed by atoms with Crippen LogP contribution in [0.25, 0.3) is 5.65 Å². The molecule has 0 N–H and O–H groups in total. The van der Waals surface area contributed by atoms with Crippen LogP contribution in [0.2, 0.25) is 0 Å². The lowest BCUT2D eigenvalue weighted by Crippen LogP contribution is -2.30. The van der Waals surface area contributed by atoms with E-state index in [0.29, 0.717) is 24.5 Å². The van der Waals surface area contributed by atoms with E-state index in [4.69, 9.17) is 4.74 Å². The molecule has 5 nitrogen and oxygen atoms in total. The first kappa shape index (κ1) is 18.7. The molecule has 0 aliphatic carbocycles. The summed E-state index contributed by atoms with van der Waals surface area (Å²) in [5.41, 5.74) is 4.37. The average Bonchev–Trinajstić information content (AvgIpc) is 3.18. The number of para-hydroxylation sites is 1. The van der Waals surface area contributed by atoms with Crippen molar-refractivity contribution in [2.24, 2.45) is 0 Å². The van der Waals surface area contributed by atoms with Crippen LogP contribution in [0.1, 0.15) is 28.5 Å². The first-order valence-corrected chi connectivity index (χ1v) is 9.68. The Morgan fingerprint density at radius 1 is 1.07 bits per heavy atom. The average molecular weight is 385 g/mol. The topological polar surface area (TPSA) is 46.8 Å². The monoisotopic (exact) mass is 385 g/mol. The number of hydrogen-bond acceptors (Lipinski definition) is 3. The summed E-state index contributed by atoms with van der Waals surface area (Å²) >= 11 is 0. The zero-order valence-corrected chi connectivity index (χ0v) is 16.6. The minimum atomic E-state index is -0.0486. The third-order valence-corrected chi connectivity index (χ3v) is 4.82. The fourth-order valence-corrected chi connectivity index (χ4v) is 3.36. The number of benzene rings is 2. The lowest BCUT2D eigenvalue weighted by molar-refractivity contribution is 0.0988. The number of rotatable bonds is 6. The van der Waals surface area contributed by atoms with E-state index in [0.717, 1.165) is 22.6 Å². The van der Waals surface area contributed by atoms with Gasteiger partial charge in [-0.2, -0.15) is 0 Å². The highest BCUT2D eigenvalue weighted by molar-refractivity contribution is 6.06. The third-order valence-electron chi connectivity index (χ3n) is 4.82. The third kappa shape index (κ3) is 3.99. The SMILES string of the molecule is CCN(C(=O)c1cccc(OCc2cn3cccc(C)c3n2)c1)c1ccccc1. The van der Waals surface area contributed by atoms with Gasteiger partial charge in [-0.1, -0.05) is 30.3 Å². The van der Waals surface area contributed by atoms with Crippen molar-refractivity contribution in [1.82, 2.24) is 9.38 Å². The van der Waals surface area contributed by atoms with Crippen LogP contribution in [0, 0.1) is 6.92 Å². The standard InChI is InChI=1S/C24H23N3O2/c1-3-27(21-11-5-4-6-12-21)24(28)19-10-7-13-22(15-19)29-17-20-16-26-14-8-9-18(2)23(26)25-20/h4-16H,3,17H2,1-2H3. The highest BCUT2D eigenvalue weighted by Crippen LogP contribution is 2.20. The Bertz CT molecular complexity index is 1140. The molecule has 0 atom stereocenters. The van der Waals surface area contributed by atoms with Crippen molar-refractivity contribution in [3.05, 3.63) is 95.9 Å². The van der Waals surface area contributed by atoms with E-state index < -0.39 is 0 Å². The van der Waals surface area contributed by atoms with Gasteiger partial charge in [0.1, 0.15) is 18.0 Å². The van der Waals surface area contributed by atoms with Gasteiger partial charge in [-0.25, -0.2) is 4.98 Å². The molecule has 0 saturated heterocycles. The maximum atomic E-state index is 13.0. The number of aryl methyl sites for hydroxylation is 1. The lowest BCUT2D eigenvalue weighted by Gasteiger charge is -2.21. The molecular weight excluding hydrogens is 362 g/mol. The summed E-state index contributed by atoms with van der Waals surface area (Å²) in [6.07, 6.45) is 3.94. The number of carbonyl (C=O) groups excluding carboxylic acids is 1. The van der Waals surface area contributed by atoms with Crippen molar-refractivity contribution in [1.29, 1.82) is 0 Å². The first-order chi connectivity index (χ1) is 14.2. The largest absolute Gasteiger partial charge is 0.487 e. The fraction of sp³-hybridized carbons (Fsp3) is 0.167. The molecule has 4 rings (SSSR count). The maximum absolute atomic E-state index is 13.0. The molecule has 2 heterocycles. The molecule has 29 heavy (non-hydrogen) atoms. The van der Waals surface area contributed by atoms with Gasteiger partial charge in [-0.15, -0.1) is 0 Å². The van der Waals surface area contributed by atoms with Crippen molar-refractivity contribution in [3.63, 3.8) is 0 Å². The van der Waals surface area contributed by atoms with E-state index in [1.807, 2.05) is 91.3 Å². The quantitative estimate of drug-likeness (QED) is 0.475. The summed E-state index contributed by atoms with van der Waals surface area (Å²) in [5, 5.41) is 0. The number of carbonyl (C=O) groups is 1. The molecular formula is C24H23N3O2. The van der Waals surface area contributed by atoms with Crippen LogP contribution in [0.5, 0.6) is 5.75 Å². The van der Waals surface area contributed by atoms with Crippen molar-refractivity contribution in [3.8, 4) is 5.75 Å². The van der Waals surface area contributed by atoms with E-state index in [1.54, 1.807) is 11.0 Å². The summed E-state index contributed by atoms with van der Waals surface area (Å²) < 4.78 is 7.92. The second-order valence-electron chi connectivity index (χ2n) is 6.86. The van der Waals surface area contributed by atoms with Crippen molar-refractivity contribution in [2.75, 3.05) is 11.4 Å². The number of aromatic nitrogens is 2. The van der Waals surface area contributed by atoms with Gasteiger partial charge in [0.05, 0.1) is 5.69 Å². The van der Waals surface area contributed by atoms with Crippen LogP contribution in [0.4, 0.5) is 5.69 Å². The van der Waals surface area contributed by atoms with Crippen LogP contribution in [0.3, 0.4) is 0 Å². The molecule has 0 fully saturated rings. The Hall–Kier alpha value is -3.60. The van der Waals surface area contributed by atoms with E-state index >= 15 is 0 Å². The predicted molar refractivity (Wildman–Crippen MR) is 114 cm³/mol. The predicted octanol–water partition coefficient (Wildman–Crippen LogP) is 4.89. The smallest absolute Gasteiger partial charge is 0.258 e. The Balaban J connectivity index is 1.50. The number of pyridine rings is 1. The summed E-state index contributed by atoms with van der Waals surface area (Å²) in [6.45, 7) is 4.94. The van der Waals surface area contributed by atoms with Crippen molar-refractivity contribution < 1.29 is 9.53 Å². The number of anilines is 1. The second-order valence-corrected chi connectivity index (χ2v) is 6.86. The maximum Gasteiger partial charge on any atom is 0.258 e. The Morgan fingerprint density at radius 3 is 2.66 bits per heavy atom. The lowest BCUT2D eigenvalue weighted by atomic mass is 10.1. The van der Waals surface area contributed by atoms with Gasteiger partial charge >= 0.3 is 0 Å². The number of fused-ring (bicyclic) bond motifs is 1. The van der Waals surface area contributed by atoms with E-state index in [1.165, 1.54) is 0 Å². The van der Waals surface area contributed by atoms with Gasteiger partial charge < -0.3 is 14.0 Å². The minimum Gasteiger partial charge on any atom is -0.487 e. The summed E-state index contributed by atoms with van der Waals surface area (Å²) in [6, 6.07) is 21.0. The molecule has 0 aliphatic rings. The molecule has 0 bridgehead atoms. The van der Waals surface area contributed by atoms with Crippen LogP contribution < -0.4 is 9.64 Å². The number of imidazole rings is 1. The van der Waals surface area contributed by atoms with Gasteiger partial charge in [0, 0.05) is 30.2 Å². The number of hydrogen-bond donors (Lipinski definition) is 0. The van der Waals surface area contributed by atoms with Gasteiger partial charge in [0.2, 0.25) is 0 Å². The Morgan fingerprint density at radius 2 is 1.90 bits per heavy atom. The molecule has 0 spiro atoms. The highest BCUT2D eigenvalue weighted by atomic mass is 16.5.